The van der Waals surface area contributed by atoms with E-state index in [0.29, 0.717) is 11.8 Å². The molecule has 4 rings (SSSR count). The van der Waals surface area contributed by atoms with Crippen LogP contribution < -0.4 is 0 Å². The van der Waals surface area contributed by atoms with Crippen molar-refractivity contribution in [3.63, 3.8) is 0 Å². The van der Waals surface area contributed by atoms with Crippen LogP contribution in [0.5, 0.6) is 0 Å². The first-order valence-electron chi connectivity index (χ1n) is 11.9. The first-order valence-corrected chi connectivity index (χ1v) is 12.7. The zero-order chi connectivity index (χ0) is 23.4. The molecular weight excluding hydrogens is 418 g/mol. The van der Waals surface area contributed by atoms with Gasteiger partial charge in [0.25, 0.3) is 0 Å². The number of rotatable bonds is 9. The molecule has 0 amide bonds. The summed E-state index contributed by atoms with van der Waals surface area (Å²) in [6, 6.07) is 26.8. The van der Waals surface area contributed by atoms with Crippen molar-refractivity contribution in [2.75, 3.05) is 14.1 Å². The zero-order valence-corrected chi connectivity index (χ0v) is 21.0. The number of allylic oxidation sites excluding steroid dienone is 2. The Hall–Kier alpha value is -2.55. The van der Waals surface area contributed by atoms with Crippen molar-refractivity contribution in [3.8, 4) is 11.1 Å². The monoisotopic (exact) mass is 453 g/mol. The van der Waals surface area contributed by atoms with E-state index in [1.165, 1.54) is 56.7 Å². The summed E-state index contributed by atoms with van der Waals surface area (Å²) < 4.78 is 2.12. The van der Waals surface area contributed by atoms with Gasteiger partial charge in [0.05, 0.1) is 0 Å². The molecule has 2 atom stereocenters. The van der Waals surface area contributed by atoms with Gasteiger partial charge in [-0.2, -0.15) is 0 Å². The van der Waals surface area contributed by atoms with Crippen molar-refractivity contribution < 1.29 is 0 Å². The lowest BCUT2D eigenvalue weighted by Gasteiger charge is -2.40. The van der Waals surface area contributed by atoms with Crippen molar-refractivity contribution >= 4 is 17.5 Å². The molecule has 1 nitrogen and oxygen atoms in total. The Morgan fingerprint density at radius 1 is 0.909 bits per heavy atom. The van der Waals surface area contributed by atoms with Gasteiger partial charge in [-0.3, -0.25) is 4.31 Å². The molecule has 0 aliphatic heterocycles. The Labute approximate surface area is 204 Å². The summed E-state index contributed by atoms with van der Waals surface area (Å²) in [5, 5.41) is 0. The summed E-state index contributed by atoms with van der Waals surface area (Å²) in [5.41, 5.74) is 9.24. The molecule has 0 N–H and O–H groups in total. The predicted molar refractivity (Wildman–Crippen MR) is 145 cm³/mol. The van der Waals surface area contributed by atoms with Crippen LogP contribution in [0.1, 0.15) is 48.3 Å². The topological polar surface area (TPSA) is 3.24 Å². The van der Waals surface area contributed by atoms with Crippen LogP contribution in [0.25, 0.3) is 16.7 Å². The van der Waals surface area contributed by atoms with E-state index < -0.39 is 0 Å². The third-order valence-corrected chi connectivity index (χ3v) is 7.61. The summed E-state index contributed by atoms with van der Waals surface area (Å²) in [7, 11) is 4.14. The molecule has 1 aliphatic rings. The second kappa shape index (κ2) is 10.6. The summed E-state index contributed by atoms with van der Waals surface area (Å²) in [6.45, 7) is 10.8. The lowest BCUT2D eigenvalue weighted by Crippen LogP contribution is -2.26. The van der Waals surface area contributed by atoms with Crippen LogP contribution in [0.4, 0.5) is 0 Å². The molecule has 1 aliphatic carbocycles. The fourth-order valence-electron chi connectivity index (χ4n) is 4.77. The molecule has 0 heterocycles. The molecule has 1 fully saturated rings. The molecule has 2 unspecified atom stereocenters. The molecule has 0 bridgehead atoms. The van der Waals surface area contributed by atoms with Crippen molar-refractivity contribution in [2.45, 2.75) is 43.4 Å². The van der Waals surface area contributed by atoms with Crippen LogP contribution in [-0.2, 0) is 0 Å². The van der Waals surface area contributed by atoms with E-state index in [1.54, 1.807) is 11.9 Å². The summed E-state index contributed by atoms with van der Waals surface area (Å²) in [6.07, 6.45) is 4.55. The number of hydrogen-bond donors (Lipinski definition) is 0. The minimum atomic E-state index is 0.601. The predicted octanol–water partition coefficient (Wildman–Crippen LogP) is 8.77. The minimum absolute atomic E-state index is 0.601. The molecule has 33 heavy (non-hydrogen) atoms. The molecule has 3 aromatic rings. The van der Waals surface area contributed by atoms with Gasteiger partial charge in [-0.15, -0.1) is 0 Å². The quantitative estimate of drug-likeness (QED) is 0.235. The standard InChI is InChI=1S/C31H35NS/c1-22-9-11-25(12-10-22)23(2)7-6-8-30-24(3)21-31(30)28-15-13-26(14-16-28)27-17-19-29(20-18-27)33-32(4)5/h9-20,30-31H,2-3,6-8,21H2,1,4-5H3. The van der Waals surface area contributed by atoms with Gasteiger partial charge in [0.1, 0.15) is 0 Å². The molecule has 170 valence electrons. The van der Waals surface area contributed by atoms with Gasteiger partial charge in [-0.05, 0) is 110 Å². The maximum Gasteiger partial charge on any atom is 0.0230 e. The molecule has 0 radical (unpaired) electrons. The Bertz CT molecular complexity index is 1090. The van der Waals surface area contributed by atoms with Crippen molar-refractivity contribution in [1.82, 2.24) is 4.31 Å². The van der Waals surface area contributed by atoms with E-state index in [4.69, 9.17) is 0 Å². The van der Waals surface area contributed by atoms with Crippen LogP contribution in [0.3, 0.4) is 0 Å². The van der Waals surface area contributed by atoms with Crippen LogP contribution in [0, 0.1) is 12.8 Å². The number of hydrogen-bond acceptors (Lipinski definition) is 2. The fraction of sp³-hybridized carbons (Fsp3) is 0.290. The highest BCUT2D eigenvalue weighted by atomic mass is 32.2. The average molecular weight is 454 g/mol. The Morgan fingerprint density at radius 2 is 1.52 bits per heavy atom. The highest BCUT2D eigenvalue weighted by Gasteiger charge is 2.34. The summed E-state index contributed by atoms with van der Waals surface area (Å²) >= 11 is 1.75. The third kappa shape index (κ3) is 5.88. The minimum Gasteiger partial charge on any atom is -0.253 e. The maximum atomic E-state index is 4.35. The first-order chi connectivity index (χ1) is 15.9. The normalized spacial score (nSPS) is 17.8. The highest BCUT2D eigenvalue weighted by molar-refractivity contribution is 7.97. The Balaban J connectivity index is 1.33. The Kier molecular flexibility index (Phi) is 7.57. The van der Waals surface area contributed by atoms with Crippen molar-refractivity contribution in [2.24, 2.45) is 5.92 Å². The SMILES string of the molecule is C=C(CCCC1C(=C)CC1c1ccc(-c2ccc(SN(C)C)cc2)cc1)c1ccc(C)cc1. The highest BCUT2D eigenvalue weighted by Crippen LogP contribution is 2.49. The van der Waals surface area contributed by atoms with Crippen molar-refractivity contribution in [1.29, 1.82) is 0 Å². The lowest BCUT2D eigenvalue weighted by atomic mass is 9.64. The van der Waals surface area contributed by atoms with E-state index in [1.807, 2.05) is 0 Å². The van der Waals surface area contributed by atoms with E-state index in [2.05, 4.69) is 111 Å². The van der Waals surface area contributed by atoms with E-state index in [0.717, 1.165) is 12.8 Å². The summed E-state index contributed by atoms with van der Waals surface area (Å²) in [4.78, 5) is 1.27. The van der Waals surface area contributed by atoms with Crippen LogP contribution in [0.15, 0.2) is 96.4 Å². The van der Waals surface area contributed by atoms with E-state index in [9.17, 15) is 0 Å². The smallest absolute Gasteiger partial charge is 0.0230 e. The maximum absolute atomic E-state index is 4.35. The van der Waals surface area contributed by atoms with Gasteiger partial charge in [0.15, 0.2) is 0 Å². The van der Waals surface area contributed by atoms with Crippen LogP contribution in [-0.4, -0.2) is 18.4 Å². The van der Waals surface area contributed by atoms with Gasteiger partial charge in [-0.25, -0.2) is 0 Å². The average Bonchev–Trinajstić information content (AvgIpc) is 2.81. The van der Waals surface area contributed by atoms with Gasteiger partial charge in [0.2, 0.25) is 0 Å². The Morgan fingerprint density at radius 3 is 2.09 bits per heavy atom. The molecule has 0 saturated heterocycles. The van der Waals surface area contributed by atoms with E-state index in [-0.39, 0.29) is 0 Å². The van der Waals surface area contributed by atoms with E-state index >= 15 is 0 Å². The molecule has 2 heteroatoms. The molecule has 3 aromatic carbocycles. The van der Waals surface area contributed by atoms with Crippen LogP contribution in [0.2, 0.25) is 0 Å². The molecular formula is C31H35NS. The molecule has 0 aromatic heterocycles. The van der Waals surface area contributed by atoms with Gasteiger partial charge < -0.3 is 0 Å². The first kappa shape index (κ1) is 23.6. The molecule has 0 spiro atoms. The van der Waals surface area contributed by atoms with Gasteiger partial charge in [-0.1, -0.05) is 85.0 Å². The third-order valence-electron chi connectivity index (χ3n) is 6.76. The van der Waals surface area contributed by atoms with Gasteiger partial charge in [0, 0.05) is 4.90 Å². The largest absolute Gasteiger partial charge is 0.253 e. The number of benzene rings is 3. The zero-order valence-electron chi connectivity index (χ0n) is 20.2. The summed E-state index contributed by atoms with van der Waals surface area (Å²) in [5.74, 6) is 1.21. The lowest BCUT2D eigenvalue weighted by molar-refractivity contribution is 0.342. The molecule has 1 saturated carbocycles. The second-order valence-corrected chi connectivity index (χ2v) is 10.9. The fourth-order valence-corrected chi connectivity index (χ4v) is 5.45. The van der Waals surface area contributed by atoms with Crippen molar-refractivity contribution in [3.05, 3.63) is 108 Å². The second-order valence-electron chi connectivity index (χ2n) is 9.49. The van der Waals surface area contributed by atoms with Gasteiger partial charge >= 0.3 is 0 Å². The number of nitrogens with zero attached hydrogens (tertiary/aromatic N) is 1. The van der Waals surface area contributed by atoms with Crippen LogP contribution >= 0.6 is 11.9 Å². The number of aryl methyl sites for hydroxylation is 1.